The minimum Gasteiger partial charge on any atom is -0.345 e. The summed E-state index contributed by atoms with van der Waals surface area (Å²) in [5.41, 5.74) is 2.31. The van der Waals surface area contributed by atoms with E-state index in [0.717, 1.165) is 36.3 Å². The summed E-state index contributed by atoms with van der Waals surface area (Å²) >= 11 is 0. The highest BCUT2D eigenvalue weighted by atomic mass is 16.2. The summed E-state index contributed by atoms with van der Waals surface area (Å²) in [5.74, 6) is 0.746. The van der Waals surface area contributed by atoms with Crippen molar-refractivity contribution in [2.24, 2.45) is 5.92 Å². The fourth-order valence-electron chi connectivity index (χ4n) is 4.89. The number of nitrogens with zero attached hydrogens (tertiary/aromatic N) is 3. The second-order valence-electron chi connectivity index (χ2n) is 8.60. The van der Waals surface area contributed by atoms with Gasteiger partial charge in [0.25, 0.3) is 5.91 Å². The van der Waals surface area contributed by atoms with Crippen molar-refractivity contribution in [3.05, 3.63) is 102 Å². The van der Waals surface area contributed by atoms with Crippen molar-refractivity contribution >= 4 is 17.3 Å². The number of aromatic nitrogens is 3. The molecule has 1 amide bonds. The van der Waals surface area contributed by atoms with Gasteiger partial charge in [-0.1, -0.05) is 61.0 Å². The SMILES string of the molecule is O=C(NC(CC(=O)C1CCCC1c1nnc2ccccn12)c1ccccc1)c1ccccc1. The monoisotopic (exact) mass is 438 g/mol. The van der Waals surface area contributed by atoms with E-state index in [1.165, 1.54) is 0 Å². The van der Waals surface area contributed by atoms with Crippen LogP contribution in [0.25, 0.3) is 5.65 Å². The van der Waals surface area contributed by atoms with Crippen LogP contribution in [0.1, 0.15) is 59.4 Å². The molecule has 0 spiro atoms. The molecule has 166 valence electrons. The first-order valence-electron chi connectivity index (χ1n) is 11.4. The maximum atomic E-state index is 13.6. The van der Waals surface area contributed by atoms with Gasteiger partial charge in [0, 0.05) is 30.0 Å². The van der Waals surface area contributed by atoms with Crippen molar-refractivity contribution in [3.8, 4) is 0 Å². The molecule has 2 aromatic heterocycles. The molecule has 1 N–H and O–H groups in total. The number of hydrogen-bond donors (Lipinski definition) is 1. The summed E-state index contributed by atoms with van der Waals surface area (Å²) in [6.45, 7) is 0. The number of carbonyl (C=O) groups is 2. The van der Waals surface area contributed by atoms with Crippen LogP contribution in [0, 0.1) is 5.92 Å². The predicted molar refractivity (Wildman–Crippen MR) is 126 cm³/mol. The molecule has 1 fully saturated rings. The van der Waals surface area contributed by atoms with E-state index in [9.17, 15) is 9.59 Å². The van der Waals surface area contributed by atoms with E-state index in [2.05, 4.69) is 15.5 Å². The number of Topliss-reactive ketones (excluding diaryl/α,β-unsaturated/α-hetero) is 1. The van der Waals surface area contributed by atoms with Gasteiger partial charge in [-0.15, -0.1) is 10.2 Å². The number of pyridine rings is 1. The number of nitrogens with one attached hydrogen (secondary N) is 1. The molecule has 0 saturated heterocycles. The molecule has 6 heteroatoms. The zero-order valence-corrected chi connectivity index (χ0v) is 18.3. The highest BCUT2D eigenvalue weighted by molar-refractivity contribution is 5.95. The summed E-state index contributed by atoms with van der Waals surface area (Å²) < 4.78 is 1.99. The van der Waals surface area contributed by atoms with Gasteiger partial charge in [-0.05, 0) is 42.7 Å². The maximum absolute atomic E-state index is 13.6. The third-order valence-electron chi connectivity index (χ3n) is 6.55. The van der Waals surface area contributed by atoms with Crippen LogP contribution >= 0.6 is 0 Å². The Balaban J connectivity index is 1.38. The Morgan fingerprint density at radius 3 is 2.42 bits per heavy atom. The lowest BCUT2D eigenvalue weighted by Gasteiger charge is -2.23. The number of rotatable bonds is 7. The van der Waals surface area contributed by atoms with Crippen molar-refractivity contribution in [1.29, 1.82) is 0 Å². The first kappa shape index (κ1) is 21.1. The second-order valence-corrected chi connectivity index (χ2v) is 8.60. The highest BCUT2D eigenvalue weighted by Gasteiger charge is 2.37. The lowest BCUT2D eigenvalue weighted by atomic mass is 9.86. The molecule has 0 bridgehead atoms. The second kappa shape index (κ2) is 9.36. The van der Waals surface area contributed by atoms with E-state index in [-0.39, 0.29) is 36.0 Å². The minimum absolute atomic E-state index is 0.0381. The molecule has 1 saturated carbocycles. The number of fused-ring (bicyclic) bond motifs is 1. The van der Waals surface area contributed by atoms with Crippen LogP contribution in [-0.4, -0.2) is 26.3 Å². The average Bonchev–Trinajstić information content (AvgIpc) is 3.51. The van der Waals surface area contributed by atoms with Gasteiger partial charge in [0.2, 0.25) is 0 Å². The highest BCUT2D eigenvalue weighted by Crippen LogP contribution is 2.41. The van der Waals surface area contributed by atoms with Crippen molar-refractivity contribution in [3.63, 3.8) is 0 Å². The van der Waals surface area contributed by atoms with Gasteiger partial charge >= 0.3 is 0 Å². The Bertz CT molecular complexity index is 1250. The van der Waals surface area contributed by atoms with E-state index in [4.69, 9.17) is 0 Å². The molecule has 3 atom stereocenters. The molecule has 4 aromatic rings. The van der Waals surface area contributed by atoms with Gasteiger partial charge in [0.05, 0.1) is 6.04 Å². The van der Waals surface area contributed by atoms with Crippen molar-refractivity contribution in [2.45, 2.75) is 37.6 Å². The number of ketones is 1. The van der Waals surface area contributed by atoms with Crippen LogP contribution in [0.5, 0.6) is 0 Å². The molecular formula is C27H26N4O2. The Morgan fingerprint density at radius 2 is 1.64 bits per heavy atom. The molecular weight excluding hydrogens is 412 g/mol. The first-order valence-corrected chi connectivity index (χ1v) is 11.4. The minimum atomic E-state index is -0.386. The van der Waals surface area contributed by atoms with E-state index < -0.39 is 0 Å². The number of hydrogen-bond acceptors (Lipinski definition) is 4. The standard InChI is InChI=1S/C27H26N4O2/c32-24(21-14-9-15-22(21)26-30-29-25-16-7-8-17-31(25)26)18-23(19-10-3-1-4-11-19)28-27(33)20-12-5-2-6-13-20/h1-8,10-13,16-17,21-23H,9,14-15,18H2,(H,28,33). The zero-order chi connectivity index (χ0) is 22.6. The average molecular weight is 439 g/mol. The lowest BCUT2D eigenvalue weighted by Crippen LogP contribution is -2.32. The molecule has 0 radical (unpaired) electrons. The van der Waals surface area contributed by atoms with Gasteiger partial charge in [0.15, 0.2) is 5.65 Å². The quantitative estimate of drug-likeness (QED) is 0.452. The third-order valence-corrected chi connectivity index (χ3v) is 6.55. The van der Waals surface area contributed by atoms with E-state index >= 15 is 0 Å². The molecule has 33 heavy (non-hydrogen) atoms. The van der Waals surface area contributed by atoms with E-state index in [1.54, 1.807) is 12.1 Å². The van der Waals surface area contributed by atoms with Crippen LogP contribution in [0.2, 0.25) is 0 Å². The Hall–Kier alpha value is -3.80. The maximum Gasteiger partial charge on any atom is 0.251 e. The summed E-state index contributed by atoms with van der Waals surface area (Å²) in [6, 6.07) is 24.3. The molecule has 3 unspecified atom stereocenters. The fraction of sp³-hybridized carbons (Fsp3) is 0.259. The Morgan fingerprint density at radius 1 is 0.909 bits per heavy atom. The summed E-state index contributed by atoms with van der Waals surface area (Å²) in [4.78, 5) is 26.5. The number of benzene rings is 2. The summed E-state index contributed by atoms with van der Waals surface area (Å²) in [6.07, 6.45) is 4.94. The normalized spacial score (nSPS) is 18.8. The van der Waals surface area contributed by atoms with Crippen LogP contribution in [-0.2, 0) is 4.79 Å². The molecule has 2 heterocycles. The van der Waals surface area contributed by atoms with Crippen LogP contribution in [0.15, 0.2) is 85.1 Å². The molecule has 0 aliphatic heterocycles. The van der Waals surface area contributed by atoms with Gasteiger partial charge in [0.1, 0.15) is 11.6 Å². The first-order chi connectivity index (χ1) is 16.2. The van der Waals surface area contributed by atoms with Gasteiger partial charge < -0.3 is 5.32 Å². The molecule has 2 aromatic carbocycles. The van der Waals surface area contributed by atoms with E-state index in [1.807, 2.05) is 77.3 Å². The van der Waals surface area contributed by atoms with Crippen LogP contribution in [0.3, 0.4) is 0 Å². The largest absolute Gasteiger partial charge is 0.345 e. The molecule has 1 aliphatic rings. The molecule has 5 rings (SSSR count). The Labute approximate surface area is 192 Å². The predicted octanol–water partition coefficient (Wildman–Crippen LogP) is 4.74. The van der Waals surface area contributed by atoms with Crippen molar-refractivity contribution < 1.29 is 9.59 Å². The summed E-state index contributed by atoms with van der Waals surface area (Å²) in [5, 5.41) is 11.8. The lowest BCUT2D eigenvalue weighted by molar-refractivity contribution is -0.123. The van der Waals surface area contributed by atoms with E-state index in [0.29, 0.717) is 5.56 Å². The van der Waals surface area contributed by atoms with Crippen LogP contribution < -0.4 is 5.32 Å². The number of carbonyl (C=O) groups excluding carboxylic acids is 2. The van der Waals surface area contributed by atoms with Gasteiger partial charge in [-0.2, -0.15) is 0 Å². The van der Waals surface area contributed by atoms with Crippen molar-refractivity contribution in [2.75, 3.05) is 0 Å². The fourth-order valence-corrected chi connectivity index (χ4v) is 4.89. The third kappa shape index (κ3) is 4.42. The number of amides is 1. The molecule has 6 nitrogen and oxygen atoms in total. The topological polar surface area (TPSA) is 76.4 Å². The van der Waals surface area contributed by atoms with Crippen LogP contribution in [0.4, 0.5) is 0 Å². The Kier molecular flexibility index (Phi) is 5.98. The van der Waals surface area contributed by atoms with Gasteiger partial charge in [-0.3, -0.25) is 14.0 Å². The smallest absolute Gasteiger partial charge is 0.251 e. The zero-order valence-electron chi connectivity index (χ0n) is 18.3. The molecule has 1 aliphatic carbocycles. The summed E-state index contributed by atoms with van der Waals surface area (Å²) in [7, 11) is 0. The van der Waals surface area contributed by atoms with Gasteiger partial charge in [-0.25, -0.2) is 0 Å². The van der Waals surface area contributed by atoms with Crippen molar-refractivity contribution in [1.82, 2.24) is 19.9 Å².